The molecule has 0 spiro atoms. The van der Waals surface area contributed by atoms with Gasteiger partial charge in [0.25, 0.3) is 0 Å². The fourth-order valence-corrected chi connectivity index (χ4v) is 3.52. The third-order valence-corrected chi connectivity index (χ3v) is 4.64. The van der Waals surface area contributed by atoms with Gasteiger partial charge in [-0.2, -0.15) is 0 Å². The van der Waals surface area contributed by atoms with E-state index in [1.165, 1.54) is 32.5 Å². The highest BCUT2D eigenvalue weighted by molar-refractivity contribution is 5.69. The second-order valence-corrected chi connectivity index (χ2v) is 7.49. The number of amides is 1. The topological polar surface area (TPSA) is 44.8 Å². The summed E-state index contributed by atoms with van der Waals surface area (Å²) < 4.78 is 5.38. The van der Waals surface area contributed by atoms with Crippen LogP contribution in [-0.2, 0) is 4.74 Å². The van der Waals surface area contributed by atoms with Gasteiger partial charge in [0, 0.05) is 31.7 Å². The molecule has 0 aromatic rings. The molecule has 5 heteroatoms. The maximum absolute atomic E-state index is 11.9. The van der Waals surface area contributed by atoms with Crippen LogP contribution in [0.5, 0.6) is 0 Å². The first-order chi connectivity index (χ1) is 9.40. The van der Waals surface area contributed by atoms with Crippen molar-refractivity contribution in [2.75, 3.05) is 32.7 Å². The number of likely N-dealkylation sites (tertiary alicyclic amines) is 1. The molecule has 0 radical (unpaired) electrons. The predicted octanol–water partition coefficient (Wildman–Crippen LogP) is 1.29. The molecule has 2 bridgehead atoms. The number of piperidine rings is 3. The summed E-state index contributed by atoms with van der Waals surface area (Å²) in [5.41, 5.74) is -0.397. The summed E-state index contributed by atoms with van der Waals surface area (Å²) in [6, 6.07) is 1.08. The van der Waals surface area contributed by atoms with E-state index in [-0.39, 0.29) is 6.09 Å². The average molecular weight is 281 g/mol. The minimum Gasteiger partial charge on any atom is -0.444 e. The van der Waals surface area contributed by atoms with Gasteiger partial charge >= 0.3 is 6.09 Å². The number of nitrogens with zero attached hydrogens (tertiary/aromatic N) is 2. The summed E-state index contributed by atoms with van der Waals surface area (Å²) in [4.78, 5) is 16.2. The second kappa shape index (κ2) is 5.19. The van der Waals surface area contributed by atoms with E-state index in [9.17, 15) is 4.79 Å². The molecule has 1 unspecified atom stereocenters. The molecule has 0 aromatic carbocycles. The second-order valence-electron chi connectivity index (χ2n) is 7.49. The number of nitrogens with one attached hydrogen (secondary N) is 1. The van der Waals surface area contributed by atoms with Crippen molar-refractivity contribution < 1.29 is 9.53 Å². The smallest absolute Gasteiger partial charge is 0.410 e. The minimum atomic E-state index is -0.397. The fourth-order valence-electron chi connectivity index (χ4n) is 3.52. The van der Waals surface area contributed by atoms with Crippen LogP contribution < -0.4 is 5.32 Å². The van der Waals surface area contributed by atoms with Crippen LogP contribution in [0.3, 0.4) is 0 Å². The summed E-state index contributed by atoms with van der Waals surface area (Å²) in [5.74, 6) is 0.843. The molecular formula is C15H27N3O2. The van der Waals surface area contributed by atoms with Crippen molar-refractivity contribution in [3.8, 4) is 0 Å². The molecule has 4 fully saturated rings. The number of carbonyl (C=O) groups excluding carboxylic acids is 1. The van der Waals surface area contributed by atoms with Crippen molar-refractivity contribution >= 4 is 6.09 Å². The van der Waals surface area contributed by atoms with Gasteiger partial charge in [0.05, 0.1) is 0 Å². The first kappa shape index (κ1) is 14.1. The molecule has 4 heterocycles. The molecule has 20 heavy (non-hydrogen) atoms. The van der Waals surface area contributed by atoms with Gasteiger partial charge in [0.1, 0.15) is 5.60 Å². The van der Waals surface area contributed by atoms with Crippen molar-refractivity contribution in [3.63, 3.8) is 0 Å². The van der Waals surface area contributed by atoms with Gasteiger partial charge in [0.2, 0.25) is 0 Å². The van der Waals surface area contributed by atoms with Crippen LogP contribution in [0.1, 0.15) is 33.6 Å². The van der Waals surface area contributed by atoms with E-state index in [4.69, 9.17) is 4.74 Å². The average Bonchev–Trinajstić information content (AvgIpc) is 2.32. The summed E-state index contributed by atoms with van der Waals surface area (Å²) in [7, 11) is 0. The first-order valence-corrected chi connectivity index (χ1v) is 7.87. The van der Waals surface area contributed by atoms with Crippen LogP contribution in [0.2, 0.25) is 0 Å². The Labute approximate surface area is 121 Å². The molecule has 0 saturated carbocycles. The van der Waals surface area contributed by atoms with Gasteiger partial charge in [-0.25, -0.2) is 4.79 Å². The van der Waals surface area contributed by atoms with Gasteiger partial charge in [0.15, 0.2) is 0 Å². The van der Waals surface area contributed by atoms with Crippen molar-refractivity contribution in [1.29, 1.82) is 0 Å². The van der Waals surface area contributed by atoms with Gasteiger partial charge in [-0.05, 0) is 52.6 Å². The Kier molecular flexibility index (Phi) is 3.67. The van der Waals surface area contributed by atoms with Crippen LogP contribution in [0.15, 0.2) is 0 Å². The summed E-state index contributed by atoms with van der Waals surface area (Å²) >= 11 is 0. The Bertz CT molecular complexity index is 366. The lowest BCUT2D eigenvalue weighted by Gasteiger charge is -2.49. The zero-order valence-corrected chi connectivity index (χ0v) is 12.9. The number of fused-ring (bicyclic) bond motifs is 3. The van der Waals surface area contributed by atoms with Gasteiger partial charge in [-0.1, -0.05) is 0 Å². The maximum Gasteiger partial charge on any atom is 0.410 e. The van der Waals surface area contributed by atoms with Gasteiger partial charge in [-0.15, -0.1) is 0 Å². The quantitative estimate of drug-likeness (QED) is 0.828. The van der Waals surface area contributed by atoms with E-state index < -0.39 is 5.60 Å². The molecular weight excluding hydrogens is 254 g/mol. The molecule has 0 aliphatic carbocycles. The SMILES string of the molecule is CC(C)(C)OC(=O)N1CC(NC2CN3CCC2CC3)C1. The Morgan fingerprint density at radius 2 is 1.80 bits per heavy atom. The predicted molar refractivity (Wildman–Crippen MR) is 77.7 cm³/mol. The van der Waals surface area contributed by atoms with E-state index >= 15 is 0 Å². The zero-order valence-electron chi connectivity index (χ0n) is 12.9. The van der Waals surface area contributed by atoms with Crippen molar-refractivity contribution in [2.45, 2.75) is 51.3 Å². The molecule has 1 N–H and O–H groups in total. The highest BCUT2D eigenvalue weighted by Gasteiger charge is 2.39. The van der Waals surface area contributed by atoms with Crippen molar-refractivity contribution in [2.24, 2.45) is 5.92 Å². The van der Waals surface area contributed by atoms with E-state index in [0.29, 0.717) is 12.1 Å². The highest BCUT2D eigenvalue weighted by atomic mass is 16.6. The number of rotatable bonds is 2. The molecule has 4 aliphatic heterocycles. The largest absolute Gasteiger partial charge is 0.444 e. The van der Waals surface area contributed by atoms with Crippen LogP contribution in [-0.4, -0.2) is 66.3 Å². The number of carbonyl (C=O) groups is 1. The molecule has 114 valence electrons. The lowest BCUT2D eigenvalue weighted by molar-refractivity contribution is -0.00249. The Hall–Kier alpha value is -0.810. The van der Waals surface area contributed by atoms with Crippen LogP contribution in [0.4, 0.5) is 4.79 Å². The van der Waals surface area contributed by atoms with Crippen LogP contribution in [0.25, 0.3) is 0 Å². The summed E-state index contributed by atoms with van der Waals surface area (Å²) in [5, 5.41) is 3.74. The standard InChI is InChI=1S/C15H27N3O2/c1-15(2,3)20-14(19)18-8-12(9-18)16-13-10-17-6-4-11(13)5-7-17/h11-13,16H,4-10H2,1-3H3. The van der Waals surface area contributed by atoms with Crippen molar-refractivity contribution in [1.82, 2.24) is 15.1 Å². The number of hydrogen-bond donors (Lipinski definition) is 1. The van der Waals surface area contributed by atoms with E-state index in [0.717, 1.165) is 19.0 Å². The van der Waals surface area contributed by atoms with Crippen molar-refractivity contribution in [3.05, 3.63) is 0 Å². The third kappa shape index (κ3) is 3.09. The van der Waals surface area contributed by atoms with E-state index in [1.807, 2.05) is 20.8 Å². The Balaban J connectivity index is 1.41. The normalized spacial score (nSPS) is 34.0. The molecule has 1 amide bonds. The number of hydrogen-bond acceptors (Lipinski definition) is 4. The zero-order chi connectivity index (χ0) is 14.3. The molecule has 1 atom stereocenters. The Morgan fingerprint density at radius 1 is 1.15 bits per heavy atom. The van der Waals surface area contributed by atoms with Gasteiger partial charge in [-0.3, -0.25) is 0 Å². The Morgan fingerprint density at radius 3 is 2.30 bits per heavy atom. The van der Waals surface area contributed by atoms with Crippen LogP contribution >= 0.6 is 0 Å². The number of ether oxygens (including phenoxy) is 1. The van der Waals surface area contributed by atoms with E-state index in [1.54, 1.807) is 4.90 Å². The highest BCUT2D eigenvalue weighted by Crippen LogP contribution is 2.28. The molecule has 5 nitrogen and oxygen atoms in total. The first-order valence-electron chi connectivity index (χ1n) is 7.87. The summed E-state index contributed by atoms with van der Waals surface area (Å²) in [6.07, 6.45) is 2.49. The fraction of sp³-hybridized carbons (Fsp3) is 0.933. The maximum atomic E-state index is 11.9. The molecule has 4 saturated heterocycles. The lowest BCUT2D eigenvalue weighted by Crippen LogP contribution is -2.66. The van der Waals surface area contributed by atoms with Crippen LogP contribution in [0, 0.1) is 5.92 Å². The molecule has 0 aromatic heterocycles. The monoisotopic (exact) mass is 281 g/mol. The summed E-state index contributed by atoms with van der Waals surface area (Å²) in [6.45, 7) is 11.0. The lowest BCUT2D eigenvalue weighted by atomic mass is 9.83. The molecule has 4 aliphatic rings. The van der Waals surface area contributed by atoms with E-state index in [2.05, 4.69) is 10.2 Å². The minimum absolute atomic E-state index is 0.176. The van der Waals surface area contributed by atoms with Gasteiger partial charge < -0.3 is 19.9 Å². The third-order valence-electron chi connectivity index (χ3n) is 4.64. The molecule has 4 rings (SSSR count).